The lowest BCUT2D eigenvalue weighted by atomic mass is 10.5. The minimum Gasteiger partial charge on any atom is -0.372 e. The number of fused-ring (bicyclic) bond motifs is 1. The number of nitrogens with zero attached hydrogens (tertiary/aromatic N) is 3. The fourth-order valence-electron chi connectivity index (χ4n) is 1.44. The van der Waals surface area contributed by atoms with E-state index >= 15 is 0 Å². The molecular formula is C10H15N5S. The van der Waals surface area contributed by atoms with Crippen molar-refractivity contribution < 1.29 is 0 Å². The van der Waals surface area contributed by atoms with Gasteiger partial charge in [0.1, 0.15) is 5.82 Å². The average Bonchev–Trinajstić information content (AvgIpc) is 2.77. The number of thioether (sulfide) groups is 1. The van der Waals surface area contributed by atoms with E-state index in [0.717, 1.165) is 29.6 Å². The highest BCUT2D eigenvalue weighted by Gasteiger charge is 2.05. The van der Waals surface area contributed by atoms with Gasteiger partial charge in [0.2, 0.25) is 0 Å². The summed E-state index contributed by atoms with van der Waals surface area (Å²) in [4.78, 5) is 8.72. The van der Waals surface area contributed by atoms with E-state index < -0.39 is 0 Å². The van der Waals surface area contributed by atoms with Crippen LogP contribution in [-0.2, 0) is 0 Å². The van der Waals surface area contributed by atoms with Crippen molar-refractivity contribution in [1.29, 1.82) is 0 Å². The molecule has 2 aromatic heterocycles. The summed E-state index contributed by atoms with van der Waals surface area (Å²) in [6.07, 6.45) is 7.69. The molecule has 0 amide bonds. The Labute approximate surface area is 98.7 Å². The van der Waals surface area contributed by atoms with Crippen molar-refractivity contribution in [2.24, 2.45) is 0 Å². The molecule has 0 aromatic carbocycles. The molecular weight excluding hydrogens is 222 g/mol. The lowest BCUT2D eigenvalue weighted by Crippen LogP contribution is -2.08. The van der Waals surface area contributed by atoms with Crippen LogP contribution < -0.4 is 10.6 Å². The van der Waals surface area contributed by atoms with Gasteiger partial charge in [-0.3, -0.25) is 0 Å². The maximum absolute atomic E-state index is 4.45. The Bertz CT molecular complexity index is 467. The zero-order valence-electron chi connectivity index (χ0n) is 9.40. The van der Waals surface area contributed by atoms with E-state index in [0.29, 0.717) is 0 Å². The van der Waals surface area contributed by atoms with Crippen LogP contribution in [-0.4, -0.2) is 40.0 Å². The highest BCUT2D eigenvalue weighted by Crippen LogP contribution is 2.15. The van der Waals surface area contributed by atoms with E-state index in [4.69, 9.17) is 0 Å². The van der Waals surface area contributed by atoms with Gasteiger partial charge in [0.25, 0.3) is 0 Å². The first kappa shape index (κ1) is 11.1. The summed E-state index contributed by atoms with van der Waals surface area (Å²) in [7, 11) is 1.86. The molecule has 0 bridgehead atoms. The van der Waals surface area contributed by atoms with Crippen molar-refractivity contribution in [2.75, 3.05) is 36.2 Å². The van der Waals surface area contributed by atoms with Gasteiger partial charge in [0.05, 0.1) is 6.20 Å². The van der Waals surface area contributed by atoms with Gasteiger partial charge in [-0.05, 0) is 6.26 Å². The molecule has 0 fully saturated rings. The third-order valence-corrected chi connectivity index (χ3v) is 2.84. The van der Waals surface area contributed by atoms with Gasteiger partial charge in [-0.25, -0.2) is 9.97 Å². The summed E-state index contributed by atoms with van der Waals surface area (Å²) >= 11 is 1.81. The zero-order chi connectivity index (χ0) is 11.4. The molecule has 0 spiro atoms. The first-order valence-electron chi connectivity index (χ1n) is 5.09. The topological polar surface area (TPSA) is 54.2 Å². The van der Waals surface area contributed by atoms with Gasteiger partial charge in [-0.15, -0.1) is 0 Å². The molecule has 0 radical (unpaired) electrons. The van der Waals surface area contributed by atoms with Gasteiger partial charge < -0.3 is 15.0 Å². The fraction of sp³-hybridized carbons (Fsp3) is 0.400. The van der Waals surface area contributed by atoms with Crippen molar-refractivity contribution in [3.05, 3.63) is 18.6 Å². The molecule has 2 heterocycles. The second-order valence-electron chi connectivity index (χ2n) is 3.30. The van der Waals surface area contributed by atoms with Crippen LogP contribution in [0.3, 0.4) is 0 Å². The molecule has 0 unspecified atom stereocenters. The monoisotopic (exact) mass is 237 g/mol. The Morgan fingerprint density at radius 1 is 1.50 bits per heavy atom. The standard InChI is InChI=1S/C10H15N5S/c1-11-8-7-15-5-3-13-10(15)9(14-8)12-4-6-16-2/h3,5,7,11H,4,6H2,1-2H3,(H,12,14). The van der Waals surface area contributed by atoms with E-state index in [1.54, 1.807) is 18.0 Å². The molecule has 2 rings (SSSR count). The smallest absolute Gasteiger partial charge is 0.180 e. The molecule has 0 aliphatic heterocycles. The predicted molar refractivity (Wildman–Crippen MR) is 69.4 cm³/mol. The SMILES string of the molecule is CNc1cn2ccnc2c(NCCSC)n1. The molecule has 86 valence electrons. The highest BCUT2D eigenvalue weighted by molar-refractivity contribution is 7.98. The molecule has 0 aliphatic rings. The average molecular weight is 237 g/mol. The Hall–Kier alpha value is -1.43. The summed E-state index contributed by atoms with van der Waals surface area (Å²) in [6, 6.07) is 0. The number of anilines is 2. The van der Waals surface area contributed by atoms with E-state index in [2.05, 4.69) is 26.9 Å². The predicted octanol–water partition coefficient (Wildman–Crippen LogP) is 1.55. The van der Waals surface area contributed by atoms with Crippen LogP contribution >= 0.6 is 11.8 Å². The van der Waals surface area contributed by atoms with E-state index in [9.17, 15) is 0 Å². The van der Waals surface area contributed by atoms with Gasteiger partial charge in [0, 0.05) is 31.7 Å². The van der Waals surface area contributed by atoms with E-state index in [1.807, 2.05) is 23.8 Å². The lowest BCUT2D eigenvalue weighted by molar-refractivity contribution is 1.09. The zero-order valence-corrected chi connectivity index (χ0v) is 10.2. The molecule has 0 aliphatic carbocycles. The third kappa shape index (κ3) is 2.21. The number of hydrogen-bond acceptors (Lipinski definition) is 5. The molecule has 16 heavy (non-hydrogen) atoms. The maximum Gasteiger partial charge on any atom is 0.180 e. The van der Waals surface area contributed by atoms with Crippen molar-refractivity contribution >= 4 is 29.0 Å². The van der Waals surface area contributed by atoms with Crippen molar-refractivity contribution in [3.8, 4) is 0 Å². The first-order chi connectivity index (χ1) is 7.85. The summed E-state index contributed by atoms with van der Waals surface area (Å²) in [5, 5.41) is 6.33. The van der Waals surface area contributed by atoms with Crippen LogP contribution in [0.25, 0.3) is 5.65 Å². The summed E-state index contributed by atoms with van der Waals surface area (Å²) in [6.45, 7) is 0.893. The Kier molecular flexibility index (Phi) is 3.51. The van der Waals surface area contributed by atoms with Crippen LogP contribution in [0.5, 0.6) is 0 Å². The molecule has 5 nitrogen and oxygen atoms in total. The molecule has 6 heteroatoms. The highest BCUT2D eigenvalue weighted by atomic mass is 32.2. The normalized spacial score (nSPS) is 10.6. The first-order valence-corrected chi connectivity index (χ1v) is 6.49. The Morgan fingerprint density at radius 3 is 3.12 bits per heavy atom. The number of hydrogen-bond donors (Lipinski definition) is 2. The quantitative estimate of drug-likeness (QED) is 0.773. The largest absolute Gasteiger partial charge is 0.372 e. The minimum absolute atomic E-state index is 0.825. The van der Waals surface area contributed by atoms with Crippen LogP contribution in [0, 0.1) is 0 Å². The fourth-order valence-corrected chi connectivity index (χ4v) is 1.75. The van der Waals surface area contributed by atoms with Crippen LogP contribution in [0.4, 0.5) is 11.6 Å². The van der Waals surface area contributed by atoms with E-state index in [-0.39, 0.29) is 0 Å². The minimum atomic E-state index is 0.825. The Balaban J connectivity index is 2.29. The molecule has 2 aromatic rings. The second kappa shape index (κ2) is 5.07. The third-order valence-electron chi connectivity index (χ3n) is 2.23. The number of rotatable bonds is 5. The van der Waals surface area contributed by atoms with Crippen molar-refractivity contribution in [1.82, 2.24) is 14.4 Å². The van der Waals surface area contributed by atoms with Crippen LogP contribution in [0.1, 0.15) is 0 Å². The van der Waals surface area contributed by atoms with Crippen molar-refractivity contribution in [3.63, 3.8) is 0 Å². The second-order valence-corrected chi connectivity index (χ2v) is 4.29. The number of imidazole rings is 1. The molecule has 2 N–H and O–H groups in total. The van der Waals surface area contributed by atoms with Gasteiger partial charge in [-0.1, -0.05) is 0 Å². The summed E-state index contributed by atoms with van der Waals surface area (Å²) in [5.74, 6) is 2.71. The van der Waals surface area contributed by atoms with Crippen LogP contribution in [0.2, 0.25) is 0 Å². The maximum atomic E-state index is 4.45. The van der Waals surface area contributed by atoms with Crippen LogP contribution in [0.15, 0.2) is 18.6 Å². The number of nitrogens with one attached hydrogen (secondary N) is 2. The molecule has 0 atom stereocenters. The van der Waals surface area contributed by atoms with Crippen molar-refractivity contribution in [2.45, 2.75) is 0 Å². The lowest BCUT2D eigenvalue weighted by Gasteiger charge is -2.08. The van der Waals surface area contributed by atoms with Gasteiger partial charge in [0.15, 0.2) is 11.5 Å². The number of aromatic nitrogens is 3. The molecule has 0 saturated carbocycles. The van der Waals surface area contributed by atoms with Gasteiger partial charge in [-0.2, -0.15) is 11.8 Å². The molecule has 0 saturated heterocycles. The Morgan fingerprint density at radius 2 is 2.38 bits per heavy atom. The summed E-state index contributed by atoms with van der Waals surface area (Å²) < 4.78 is 1.96. The summed E-state index contributed by atoms with van der Waals surface area (Å²) in [5.41, 5.74) is 0.861. The van der Waals surface area contributed by atoms with E-state index in [1.165, 1.54) is 0 Å². The van der Waals surface area contributed by atoms with Gasteiger partial charge >= 0.3 is 0 Å².